The quantitative estimate of drug-likeness (QED) is 0.488. The molecule has 0 rings (SSSR count). The molecule has 1 atom stereocenters. The van der Waals surface area contributed by atoms with E-state index in [-0.39, 0.29) is 5.41 Å². The van der Waals surface area contributed by atoms with Gasteiger partial charge in [0.15, 0.2) is 0 Å². The summed E-state index contributed by atoms with van der Waals surface area (Å²) in [5.74, 6) is 0.583. The summed E-state index contributed by atoms with van der Waals surface area (Å²) in [6.45, 7) is 8.92. The van der Waals surface area contributed by atoms with Crippen LogP contribution in [0.2, 0.25) is 0 Å². The van der Waals surface area contributed by atoms with Crippen molar-refractivity contribution in [1.29, 1.82) is 0 Å². The zero-order valence-corrected chi connectivity index (χ0v) is 7.35. The van der Waals surface area contributed by atoms with Gasteiger partial charge < -0.3 is 0 Å². The Hall–Kier alpha value is -0.0800. The van der Waals surface area contributed by atoms with Gasteiger partial charge in [-0.2, -0.15) is 0 Å². The van der Waals surface area contributed by atoms with Crippen LogP contribution in [0.4, 0.5) is 0 Å². The normalized spacial score (nSPS) is 15.3. The predicted octanol–water partition coefficient (Wildman–Crippen LogP) is 2.55. The van der Waals surface area contributed by atoms with E-state index < -0.39 is 0 Å². The zero-order chi connectivity index (χ0) is 8.20. The van der Waals surface area contributed by atoms with Crippen LogP contribution >= 0.6 is 0 Å². The van der Waals surface area contributed by atoms with Crippen molar-refractivity contribution in [3.05, 3.63) is 0 Å². The average molecular weight is 146 g/mol. The van der Waals surface area contributed by atoms with E-state index in [1.54, 1.807) is 0 Å². The molecule has 0 saturated carbocycles. The van der Waals surface area contributed by atoms with Crippen molar-refractivity contribution in [3.63, 3.8) is 0 Å². The molecule has 1 unspecified atom stereocenters. The summed E-state index contributed by atoms with van der Waals surface area (Å²) in [6.07, 6.45) is 1.12. The highest BCUT2D eigenvalue weighted by Gasteiger charge is 2.24. The van der Waals surface area contributed by atoms with E-state index in [1.807, 2.05) is 0 Å². The van der Waals surface area contributed by atoms with Crippen LogP contribution in [0.25, 0.3) is 0 Å². The largest absolute Gasteiger partial charge is 0.252 e. The van der Waals surface area contributed by atoms with Crippen LogP contribution in [0, 0.1) is 11.3 Å². The molecule has 0 aliphatic heterocycles. The summed E-state index contributed by atoms with van der Waals surface area (Å²) < 4.78 is 0. The summed E-state index contributed by atoms with van der Waals surface area (Å²) in [7, 11) is 0. The maximum Gasteiger partial charge on any atom is 0.0873 e. The van der Waals surface area contributed by atoms with Crippen LogP contribution in [0.3, 0.4) is 0 Å². The summed E-state index contributed by atoms with van der Waals surface area (Å²) in [4.78, 5) is 4.13. The molecule has 62 valence electrons. The molecule has 0 spiro atoms. The minimum Gasteiger partial charge on any atom is -0.252 e. The maximum atomic E-state index is 8.25. The lowest BCUT2D eigenvalue weighted by atomic mass is 9.79. The van der Waals surface area contributed by atoms with Crippen LogP contribution in [0.15, 0.2) is 0 Å². The van der Waals surface area contributed by atoms with E-state index >= 15 is 0 Å². The Morgan fingerprint density at radius 3 is 2.30 bits per heavy atom. The van der Waals surface area contributed by atoms with Crippen LogP contribution in [0.5, 0.6) is 0 Å². The van der Waals surface area contributed by atoms with Gasteiger partial charge in [-0.05, 0) is 11.3 Å². The fraction of sp³-hybridized carbons (Fsp3) is 1.00. The maximum absolute atomic E-state index is 8.25. The average Bonchev–Trinajstić information content (AvgIpc) is 1.86. The third-order valence-corrected chi connectivity index (χ3v) is 2.38. The van der Waals surface area contributed by atoms with Crippen LogP contribution in [-0.4, -0.2) is 11.9 Å². The Balaban J connectivity index is 3.82. The fourth-order valence-corrected chi connectivity index (χ4v) is 0.861. The molecule has 0 aliphatic rings. The van der Waals surface area contributed by atoms with E-state index in [0.717, 1.165) is 6.42 Å². The van der Waals surface area contributed by atoms with Crippen molar-refractivity contribution >= 4 is 0 Å². The third-order valence-electron chi connectivity index (χ3n) is 2.38. The Morgan fingerprint density at radius 2 is 2.00 bits per heavy atom. The second-order valence-corrected chi connectivity index (χ2v) is 3.57. The third kappa shape index (κ3) is 2.67. The highest BCUT2D eigenvalue weighted by atomic mass is 17.1. The van der Waals surface area contributed by atoms with Gasteiger partial charge in [-0.25, -0.2) is 4.89 Å². The Kier molecular flexibility index (Phi) is 3.91. The SMILES string of the molecule is CCC(C)C(C)(C)COO. The first kappa shape index (κ1) is 9.92. The first-order valence-electron chi connectivity index (χ1n) is 3.81. The second kappa shape index (κ2) is 3.94. The molecule has 0 radical (unpaired) electrons. The smallest absolute Gasteiger partial charge is 0.0873 e. The van der Waals surface area contributed by atoms with Crippen LogP contribution in [0.1, 0.15) is 34.1 Å². The topological polar surface area (TPSA) is 29.5 Å². The molecule has 10 heavy (non-hydrogen) atoms. The lowest BCUT2D eigenvalue weighted by Gasteiger charge is -2.29. The van der Waals surface area contributed by atoms with Gasteiger partial charge in [0.25, 0.3) is 0 Å². The van der Waals surface area contributed by atoms with Gasteiger partial charge in [0, 0.05) is 0 Å². The predicted molar refractivity (Wildman–Crippen MR) is 41.8 cm³/mol. The molecule has 0 bridgehead atoms. The van der Waals surface area contributed by atoms with Gasteiger partial charge >= 0.3 is 0 Å². The second-order valence-electron chi connectivity index (χ2n) is 3.57. The summed E-state index contributed by atoms with van der Waals surface area (Å²) in [5.41, 5.74) is 0.0868. The molecule has 0 aromatic heterocycles. The van der Waals surface area contributed by atoms with Gasteiger partial charge in [-0.1, -0.05) is 34.1 Å². The lowest BCUT2D eigenvalue weighted by molar-refractivity contribution is -0.263. The van der Waals surface area contributed by atoms with Gasteiger partial charge in [0.1, 0.15) is 0 Å². The molecule has 1 N–H and O–H groups in total. The highest BCUT2D eigenvalue weighted by molar-refractivity contribution is 4.72. The molecule has 2 heteroatoms. The first-order chi connectivity index (χ1) is 4.54. The van der Waals surface area contributed by atoms with Crippen molar-refractivity contribution in [1.82, 2.24) is 0 Å². The minimum absolute atomic E-state index is 0.0868. The molecule has 0 heterocycles. The van der Waals surface area contributed by atoms with Crippen LogP contribution < -0.4 is 0 Å². The van der Waals surface area contributed by atoms with Crippen molar-refractivity contribution in [3.8, 4) is 0 Å². The molecule has 0 aromatic carbocycles. The van der Waals surface area contributed by atoms with Gasteiger partial charge in [0.2, 0.25) is 0 Å². The number of hydrogen-bond acceptors (Lipinski definition) is 2. The Morgan fingerprint density at radius 1 is 1.50 bits per heavy atom. The summed E-state index contributed by atoms with van der Waals surface area (Å²) >= 11 is 0. The van der Waals surface area contributed by atoms with Crippen LogP contribution in [-0.2, 0) is 4.89 Å². The molecule has 2 nitrogen and oxygen atoms in total. The lowest BCUT2D eigenvalue weighted by Crippen LogP contribution is -2.26. The molecule has 0 saturated heterocycles. The molecular formula is C8H18O2. The molecule has 0 fully saturated rings. The fourth-order valence-electron chi connectivity index (χ4n) is 0.861. The number of hydrogen-bond donors (Lipinski definition) is 1. The summed E-state index contributed by atoms with van der Waals surface area (Å²) in [5, 5.41) is 8.25. The molecule has 0 amide bonds. The van der Waals surface area contributed by atoms with Gasteiger partial charge in [0.05, 0.1) is 6.61 Å². The first-order valence-corrected chi connectivity index (χ1v) is 3.81. The van der Waals surface area contributed by atoms with E-state index in [9.17, 15) is 0 Å². The van der Waals surface area contributed by atoms with E-state index in [4.69, 9.17) is 5.26 Å². The van der Waals surface area contributed by atoms with Gasteiger partial charge in [-0.15, -0.1) is 0 Å². The Bertz CT molecular complexity index is 89.3. The van der Waals surface area contributed by atoms with E-state index in [0.29, 0.717) is 12.5 Å². The van der Waals surface area contributed by atoms with Crippen molar-refractivity contribution in [2.75, 3.05) is 6.61 Å². The number of rotatable bonds is 4. The zero-order valence-electron chi connectivity index (χ0n) is 7.35. The van der Waals surface area contributed by atoms with E-state index in [2.05, 4.69) is 32.6 Å². The van der Waals surface area contributed by atoms with Gasteiger partial charge in [-0.3, -0.25) is 5.26 Å². The molecule has 0 aromatic rings. The van der Waals surface area contributed by atoms with Crippen molar-refractivity contribution in [2.45, 2.75) is 34.1 Å². The Labute approximate surface area is 63.1 Å². The minimum atomic E-state index is 0.0868. The standard InChI is InChI=1S/C8H18O2/c1-5-7(2)8(3,4)6-10-9/h7,9H,5-6H2,1-4H3. The van der Waals surface area contributed by atoms with Crippen molar-refractivity contribution in [2.24, 2.45) is 11.3 Å². The molecule has 0 aliphatic carbocycles. The van der Waals surface area contributed by atoms with Crippen molar-refractivity contribution < 1.29 is 10.1 Å². The molecular weight excluding hydrogens is 128 g/mol. The highest BCUT2D eigenvalue weighted by Crippen LogP contribution is 2.28. The summed E-state index contributed by atoms with van der Waals surface area (Å²) in [6, 6.07) is 0. The van der Waals surface area contributed by atoms with E-state index in [1.165, 1.54) is 0 Å². The monoisotopic (exact) mass is 146 g/mol.